The van der Waals surface area contributed by atoms with Crippen LogP contribution >= 0.6 is 11.6 Å². The third-order valence-electron chi connectivity index (χ3n) is 3.00. The van der Waals surface area contributed by atoms with Gasteiger partial charge in [0.2, 0.25) is 15.9 Å². The van der Waals surface area contributed by atoms with Gasteiger partial charge >= 0.3 is 0 Å². The maximum atomic E-state index is 12.0. The van der Waals surface area contributed by atoms with Crippen LogP contribution in [0.5, 0.6) is 0 Å². The highest BCUT2D eigenvalue weighted by Crippen LogP contribution is 2.13. The maximum absolute atomic E-state index is 12.0. The number of aromatic nitrogens is 2. The average Bonchev–Trinajstić information content (AvgIpc) is 2.78. The number of rotatable bonds is 5. The SMILES string of the molecule is Cc1cc(C)n(C(=O)CCNS(=O)(=O)c2ccc(Cl)cc2)n1. The van der Waals surface area contributed by atoms with E-state index in [4.69, 9.17) is 11.6 Å². The molecule has 2 aromatic rings. The Morgan fingerprint density at radius 3 is 2.45 bits per heavy atom. The van der Waals surface area contributed by atoms with Gasteiger partial charge in [0.05, 0.1) is 10.6 Å². The van der Waals surface area contributed by atoms with Crippen LogP contribution in [0.3, 0.4) is 0 Å². The Bertz CT molecular complexity index is 782. The van der Waals surface area contributed by atoms with Crippen molar-refractivity contribution in [2.45, 2.75) is 25.2 Å². The molecule has 0 spiro atoms. The molecule has 1 heterocycles. The summed E-state index contributed by atoms with van der Waals surface area (Å²) in [5, 5.41) is 4.53. The molecule has 0 unspecified atom stereocenters. The number of nitrogens with zero attached hydrogens (tertiary/aromatic N) is 2. The van der Waals surface area contributed by atoms with E-state index in [0.29, 0.717) is 5.02 Å². The second-order valence-electron chi connectivity index (χ2n) is 4.83. The molecule has 0 aliphatic heterocycles. The molecule has 0 amide bonds. The molecule has 22 heavy (non-hydrogen) atoms. The van der Waals surface area contributed by atoms with Gasteiger partial charge in [0, 0.05) is 23.7 Å². The number of halogens is 1. The van der Waals surface area contributed by atoms with Gasteiger partial charge in [-0.2, -0.15) is 5.10 Å². The molecule has 0 fully saturated rings. The molecule has 0 saturated carbocycles. The fraction of sp³-hybridized carbons (Fsp3) is 0.286. The Balaban J connectivity index is 1.97. The third kappa shape index (κ3) is 3.94. The highest BCUT2D eigenvalue weighted by atomic mass is 35.5. The van der Waals surface area contributed by atoms with E-state index in [1.54, 1.807) is 19.9 Å². The van der Waals surface area contributed by atoms with Crippen molar-refractivity contribution in [1.29, 1.82) is 0 Å². The van der Waals surface area contributed by atoms with E-state index in [9.17, 15) is 13.2 Å². The largest absolute Gasteiger partial charge is 0.273 e. The van der Waals surface area contributed by atoms with Crippen LogP contribution in [0.15, 0.2) is 35.2 Å². The quantitative estimate of drug-likeness (QED) is 0.903. The lowest BCUT2D eigenvalue weighted by Crippen LogP contribution is -2.28. The Morgan fingerprint density at radius 1 is 1.27 bits per heavy atom. The van der Waals surface area contributed by atoms with E-state index < -0.39 is 10.0 Å². The minimum absolute atomic E-state index is 0.00212. The number of aryl methyl sites for hydroxylation is 2. The molecular weight excluding hydrogens is 326 g/mol. The zero-order valence-corrected chi connectivity index (χ0v) is 13.8. The molecule has 1 N–H and O–H groups in total. The minimum Gasteiger partial charge on any atom is -0.273 e. The molecule has 1 aromatic carbocycles. The Morgan fingerprint density at radius 2 is 1.91 bits per heavy atom. The highest BCUT2D eigenvalue weighted by Gasteiger charge is 2.15. The van der Waals surface area contributed by atoms with Crippen LogP contribution in [0.1, 0.15) is 22.6 Å². The molecule has 0 aliphatic carbocycles. The molecule has 0 radical (unpaired) electrons. The van der Waals surface area contributed by atoms with Crippen molar-refractivity contribution >= 4 is 27.5 Å². The van der Waals surface area contributed by atoms with E-state index in [-0.39, 0.29) is 23.8 Å². The van der Waals surface area contributed by atoms with Crippen molar-refractivity contribution in [2.75, 3.05) is 6.54 Å². The first-order valence-electron chi connectivity index (χ1n) is 6.61. The fourth-order valence-electron chi connectivity index (χ4n) is 1.98. The summed E-state index contributed by atoms with van der Waals surface area (Å²) in [6.45, 7) is 3.57. The number of benzene rings is 1. The number of carbonyl (C=O) groups excluding carboxylic acids is 1. The summed E-state index contributed by atoms with van der Waals surface area (Å²) in [4.78, 5) is 12.1. The summed E-state index contributed by atoms with van der Waals surface area (Å²) in [5.74, 6) is -0.260. The Kier molecular flexibility index (Phi) is 5.00. The second-order valence-corrected chi connectivity index (χ2v) is 7.04. The van der Waals surface area contributed by atoms with Crippen LogP contribution in [-0.2, 0) is 10.0 Å². The summed E-state index contributed by atoms with van der Waals surface area (Å²) >= 11 is 5.72. The van der Waals surface area contributed by atoms with Crippen molar-refractivity contribution < 1.29 is 13.2 Å². The van der Waals surface area contributed by atoms with Gasteiger partial charge in [-0.25, -0.2) is 17.8 Å². The Hall–Kier alpha value is -1.70. The smallest absolute Gasteiger partial charge is 0.248 e. The van der Waals surface area contributed by atoms with Crippen molar-refractivity contribution in [3.05, 3.63) is 46.7 Å². The molecular formula is C14H16ClN3O3S. The lowest BCUT2D eigenvalue weighted by atomic mass is 10.4. The van der Waals surface area contributed by atoms with E-state index >= 15 is 0 Å². The van der Waals surface area contributed by atoms with E-state index in [1.807, 2.05) is 0 Å². The van der Waals surface area contributed by atoms with Gasteiger partial charge in [-0.3, -0.25) is 4.79 Å². The number of hydrogen-bond acceptors (Lipinski definition) is 4. The predicted molar refractivity (Wildman–Crippen MR) is 83.6 cm³/mol. The normalized spacial score (nSPS) is 11.6. The first-order valence-corrected chi connectivity index (χ1v) is 8.47. The predicted octanol–water partition coefficient (Wildman–Crippen LogP) is 2.16. The van der Waals surface area contributed by atoms with Crippen LogP contribution in [0.25, 0.3) is 0 Å². The molecule has 2 rings (SSSR count). The van der Waals surface area contributed by atoms with Crippen molar-refractivity contribution in [3.63, 3.8) is 0 Å². The molecule has 0 saturated heterocycles. The molecule has 118 valence electrons. The van der Waals surface area contributed by atoms with Crippen molar-refractivity contribution in [3.8, 4) is 0 Å². The number of hydrogen-bond donors (Lipinski definition) is 1. The third-order valence-corrected chi connectivity index (χ3v) is 4.73. The molecule has 0 bridgehead atoms. The lowest BCUT2D eigenvalue weighted by Gasteiger charge is -2.07. The highest BCUT2D eigenvalue weighted by molar-refractivity contribution is 7.89. The summed E-state index contributed by atoms with van der Waals surface area (Å²) < 4.78 is 27.8. The topological polar surface area (TPSA) is 81.1 Å². The second kappa shape index (κ2) is 6.60. The van der Waals surface area contributed by atoms with Crippen LogP contribution in [0, 0.1) is 13.8 Å². The lowest BCUT2D eigenvalue weighted by molar-refractivity contribution is 0.0886. The summed E-state index contributed by atoms with van der Waals surface area (Å²) in [5.41, 5.74) is 1.47. The molecule has 0 aliphatic rings. The zero-order valence-electron chi connectivity index (χ0n) is 12.2. The van der Waals surface area contributed by atoms with Crippen molar-refractivity contribution in [2.24, 2.45) is 0 Å². The summed E-state index contributed by atoms with van der Waals surface area (Å²) in [6, 6.07) is 7.60. The van der Waals surface area contributed by atoms with Gasteiger partial charge in [0.1, 0.15) is 0 Å². The van der Waals surface area contributed by atoms with Crippen LogP contribution in [0.2, 0.25) is 5.02 Å². The summed E-state index contributed by atoms with van der Waals surface area (Å²) in [7, 11) is -3.65. The van der Waals surface area contributed by atoms with Gasteiger partial charge < -0.3 is 0 Å². The standard InChI is InChI=1S/C14H16ClN3O3S/c1-10-9-11(2)18(17-10)14(19)7-8-16-22(20,21)13-5-3-12(15)4-6-13/h3-6,9,16H,7-8H2,1-2H3. The first-order chi connectivity index (χ1) is 10.3. The minimum atomic E-state index is -3.65. The van der Waals surface area contributed by atoms with E-state index in [1.165, 1.54) is 28.9 Å². The maximum Gasteiger partial charge on any atom is 0.248 e. The molecule has 6 nitrogen and oxygen atoms in total. The molecule has 1 aromatic heterocycles. The first kappa shape index (κ1) is 16.7. The van der Waals surface area contributed by atoms with Gasteiger partial charge in [0.15, 0.2) is 0 Å². The van der Waals surface area contributed by atoms with Crippen LogP contribution < -0.4 is 4.72 Å². The van der Waals surface area contributed by atoms with Gasteiger partial charge in [-0.1, -0.05) is 11.6 Å². The van der Waals surface area contributed by atoms with E-state index in [2.05, 4.69) is 9.82 Å². The number of sulfonamides is 1. The monoisotopic (exact) mass is 341 g/mol. The summed E-state index contributed by atoms with van der Waals surface area (Å²) in [6.07, 6.45) is 0.0226. The molecule has 0 atom stereocenters. The van der Waals surface area contributed by atoms with Gasteiger partial charge in [-0.05, 0) is 44.2 Å². The van der Waals surface area contributed by atoms with Crippen molar-refractivity contribution in [1.82, 2.24) is 14.5 Å². The average molecular weight is 342 g/mol. The van der Waals surface area contributed by atoms with Crippen LogP contribution in [0.4, 0.5) is 0 Å². The number of nitrogens with one attached hydrogen (secondary N) is 1. The fourth-order valence-corrected chi connectivity index (χ4v) is 3.13. The van der Waals surface area contributed by atoms with Gasteiger partial charge in [0.25, 0.3) is 0 Å². The van der Waals surface area contributed by atoms with Gasteiger partial charge in [-0.15, -0.1) is 0 Å². The number of carbonyl (C=O) groups is 1. The Labute approximate surface area is 134 Å². The van der Waals surface area contributed by atoms with E-state index in [0.717, 1.165) is 11.4 Å². The zero-order chi connectivity index (χ0) is 16.3. The molecule has 8 heteroatoms. The van der Waals surface area contributed by atoms with Crippen LogP contribution in [-0.4, -0.2) is 30.7 Å².